The first-order valence-electron chi connectivity index (χ1n) is 8.94. The molecule has 0 aliphatic carbocycles. The summed E-state index contributed by atoms with van der Waals surface area (Å²) in [5, 5.41) is 8.94. The van der Waals surface area contributed by atoms with E-state index >= 15 is 0 Å². The molecule has 0 amide bonds. The van der Waals surface area contributed by atoms with Gasteiger partial charge in [0, 0.05) is 5.56 Å². The predicted molar refractivity (Wildman–Crippen MR) is 109 cm³/mol. The minimum Gasteiger partial charge on any atom is -0.481 e. The first kappa shape index (κ1) is 20.0. The van der Waals surface area contributed by atoms with Crippen molar-refractivity contribution < 1.29 is 24.2 Å². The Bertz CT molecular complexity index is 985. The summed E-state index contributed by atoms with van der Waals surface area (Å²) in [4.78, 5) is 16.0. The van der Waals surface area contributed by atoms with Crippen LogP contribution in [0.15, 0.2) is 85.1 Å². The van der Waals surface area contributed by atoms with E-state index in [4.69, 9.17) is 19.4 Å². The van der Waals surface area contributed by atoms with E-state index in [-0.39, 0.29) is 6.42 Å². The molecule has 2 N–H and O–H groups in total. The molecule has 29 heavy (non-hydrogen) atoms. The van der Waals surface area contributed by atoms with Crippen molar-refractivity contribution in [2.45, 2.75) is 6.42 Å². The topological polar surface area (TPSA) is 77.0 Å². The maximum atomic E-state index is 10.9. The average molecular weight is 391 g/mol. The molecule has 0 unspecified atom stereocenters. The monoisotopic (exact) mass is 391 g/mol. The fraction of sp³-hybridized carbons (Fsp3) is 0.0870. The van der Waals surface area contributed by atoms with Crippen LogP contribution in [0.3, 0.4) is 0 Å². The van der Waals surface area contributed by atoms with Crippen LogP contribution in [-0.2, 0) is 16.1 Å². The van der Waals surface area contributed by atoms with Gasteiger partial charge < -0.3 is 14.6 Å². The molecule has 0 saturated carbocycles. The Morgan fingerprint density at radius 2 is 1.66 bits per heavy atom. The molecular weight excluding hydrogens is 370 g/mol. The summed E-state index contributed by atoms with van der Waals surface area (Å²) >= 11 is 0. The summed E-state index contributed by atoms with van der Waals surface area (Å²) in [6.07, 6.45) is 1.44. The number of carbonyl (C=O) groups is 1. The fourth-order valence-corrected chi connectivity index (χ4v) is 2.64. The molecule has 0 aromatic heterocycles. The largest absolute Gasteiger partial charge is 0.481 e. The second-order valence-corrected chi connectivity index (χ2v) is 6.12. The van der Waals surface area contributed by atoms with E-state index in [1.807, 2.05) is 54.6 Å². The Hall–Kier alpha value is -3.77. The van der Waals surface area contributed by atoms with Gasteiger partial charge in [0.25, 0.3) is 0 Å². The van der Waals surface area contributed by atoms with Gasteiger partial charge in [-0.2, -0.15) is 0 Å². The van der Waals surface area contributed by atoms with Gasteiger partial charge in [-0.15, -0.1) is 0 Å². The summed E-state index contributed by atoms with van der Waals surface area (Å²) in [6, 6.07) is 23.9. The van der Waals surface area contributed by atoms with E-state index in [1.54, 1.807) is 24.3 Å². The molecule has 3 rings (SSSR count). The zero-order valence-electron chi connectivity index (χ0n) is 15.9. The predicted octanol–water partition coefficient (Wildman–Crippen LogP) is 4.63. The first-order chi connectivity index (χ1) is 14.1. The Balaban J connectivity index is 1.78. The van der Waals surface area contributed by atoms with Crippen molar-refractivity contribution in [2.75, 3.05) is 7.11 Å². The number of nitrogens with one attached hydrogen (secondary N) is 1. The van der Waals surface area contributed by atoms with Crippen LogP contribution in [0.25, 0.3) is 5.70 Å². The number of hydroxylamine groups is 1. The minimum atomic E-state index is -0.894. The number of hydrogen-bond donors (Lipinski definition) is 2. The molecule has 3 aromatic rings. The van der Waals surface area contributed by atoms with E-state index in [1.165, 1.54) is 13.4 Å². The van der Waals surface area contributed by atoms with Crippen molar-refractivity contribution in [3.05, 3.63) is 96.3 Å². The van der Waals surface area contributed by atoms with Crippen LogP contribution in [0.2, 0.25) is 0 Å². The van der Waals surface area contributed by atoms with Crippen molar-refractivity contribution in [3.63, 3.8) is 0 Å². The maximum absolute atomic E-state index is 10.9. The minimum absolute atomic E-state index is 0.0665. The Kier molecular flexibility index (Phi) is 6.86. The van der Waals surface area contributed by atoms with E-state index in [0.29, 0.717) is 22.8 Å². The molecular formula is C23H21NO5. The number of rotatable bonds is 9. The molecule has 0 fully saturated rings. The molecule has 148 valence electrons. The van der Waals surface area contributed by atoms with Crippen LogP contribution in [0, 0.1) is 0 Å². The summed E-state index contributed by atoms with van der Waals surface area (Å²) in [5.41, 5.74) is 4.82. The first-order valence-corrected chi connectivity index (χ1v) is 8.94. The van der Waals surface area contributed by atoms with Crippen molar-refractivity contribution in [3.8, 4) is 17.2 Å². The third-order valence-corrected chi connectivity index (χ3v) is 3.90. The number of carboxylic acid groups (broad SMARTS) is 1. The lowest BCUT2D eigenvalue weighted by molar-refractivity contribution is -0.136. The maximum Gasteiger partial charge on any atom is 0.307 e. The number of benzene rings is 3. The molecule has 0 bridgehead atoms. The molecule has 0 aliphatic heterocycles. The van der Waals surface area contributed by atoms with Crippen molar-refractivity contribution in [1.82, 2.24) is 5.48 Å². The quantitative estimate of drug-likeness (QED) is 0.409. The third kappa shape index (κ3) is 6.12. The Morgan fingerprint density at radius 1 is 0.931 bits per heavy atom. The van der Waals surface area contributed by atoms with Gasteiger partial charge in [0.1, 0.15) is 29.2 Å². The lowest BCUT2D eigenvalue weighted by Crippen LogP contribution is -2.11. The molecule has 0 radical (unpaired) electrons. The number of aliphatic carboxylic acids is 1. The van der Waals surface area contributed by atoms with Crippen LogP contribution in [0.4, 0.5) is 0 Å². The highest BCUT2D eigenvalue weighted by atomic mass is 16.6. The van der Waals surface area contributed by atoms with Gasteiger partial charge in [0.15, 0.2) is 0 Å². The van der Waals surface area contributed by atoms with E-state index in [9.17, 15) is 4.79 Å². The number of carboxylic acids is 1. The van der Waals surface area contributed by atoms with Crippen LogP contribution < -0.4 is 15.0 Å². The van der Waals surface area contributed by atoms with Crippen molar-refractivity contribution in [1.29, 1.82) is 0 Å². The van der Waals surface area contributed by atoms with Crippen molar-refractivity contribution in [2.24, 2.45) is 0 Å². The standard InChI is InChI=1S/C23H21NO5/c1-27-24-22(16-28-20-11-5-7-17(13-20)14-23(25)26)18-8-6-12-21(15-18)29-19-9-3-2-4-10-19/h2-13,15-16,24H,14H2,1H3,(H,25,26). The highest BCUT2D eigenvalue weighted by molar-refractivity contribution is 5.70. The molecule has 0 spiro atoms. The van der Waals surface area contributed by atoms with Gasteiger partial charge in [-0.25, -0.2) is 0 Å². The second kappa shape index (κ2) is 9.96. The summed E-state index contributed by atoms with van der Waals surface area (Å²) in [5.74, 6) is 1.04. The number of para-hydroxylation sites is 1. The molecule has 0 atom stereocenters. The second-order valence-electron chi connectivity index (χ2n) is 6.12. The normalized spacial score (nSPS) is 11.0. The van der Waals surface area contributed by atoms with Crippen LogP contribution in [-0.4, -0.2) is 18.2 Å². The van der Waals surface area contributed by atoms with E-state index in [2.05, 4.69) is 5.48 Å². The smallest absolute Gasteiger partial charge is 0.307 e. The molecule has 0 heterocycles. The highest BCUT2D eigenvalue weighted by Crippen LogP contribution is 2.25. The molecule has 6 heteroatoms. The Labute approximate surface area is 168 Å². The third-order valence-electron chi connectivity index (χ3n) is 3.90. The van der Waals surface area contributed by atoms with Gasteiger partial charge >= 0.3 is 5.97 Å². The molecule has 0 aliphatic rings. The summed E-state index contributed by atoms with van der Waals surface area (Å²) in [7, 11) is 1.51. The zero-order chi connectivity index (χ0) is 20.5. The van der Waals surface area contributed by atoms with Gasteiger partial charge in [0.05, 0.1) is 13.5 Å². The molecule has 3 aromatic carbocycles. The number of hydrogen-bond acceptors (Lipinski definition) is 5. The van der Waals surface area contributed by atoms with Gasteiger partial charge in [-0.1, -0.05) is 42.5 Å². The van der Waals surface area contributed by atoms with Crippen LogP contribution in [0.1, 0.15) is 11.1 Å². The van der Waals surface area contributed by atoms with Crippen molar-refractivity contribution >= 4 is 11.7 Å². The fourth-order valence-electron chi connectivity index (χ4n) is 2.64. The zero-order valence-corrected chi connectivity index (χ0v) is 15.9. The molecule has 0 saturated heterocycles. The molecule has 6 nitrogen and oxygen atoms in total. The summed E-state index contributed by atoms with van der Waals surface area (Å²) in [6.45, 7) is 0. The van der Waals surface area contributed by atoms with Crippen LogP contribution in [0.5, 0.6) is 17.2 Å². The lowest BCUT2D eigenvalue weighted by Gasteiger charge is -2.12. The van der Waals surface area contributed by atoms with Gasteiger partial charge in [0.2, 0.25) is 0 Å². The van der Waals surface area contributed by atoms with Crippen LogP contribution >= 0.6 is 0 Å². The SMILES string of the molecule is CONC(=COc1cccc(CC(=O)O)c1)c1cccc(Oc2ccccc2)c1. The highest BCUT2D eigenvalue weighted by Gasteiger charge is 2.06. The van der Waals surface area contributed by atoms with E-state index in [0.717, 1.165) is 11.3 Å². The Morgan fingerprint density at radius 3 is 2.41 bits per heavy atom. The summed E-state index contributed by atoms with van der Waals surface area (Å²) < 4.78 is 11.6. The van der Waals surface area contributed by atoms with E-state index < -0.39 is 5.97 Å². The average Bonchev–Trinajstić information content (AvgIpc) is 2.72. The van der Waals surface area contributed by atoms with Gasteiger partial charge in [-0.3, -0.25) is 15.1 Å². The lowest BCUT2D eigenvalue weighted by atomic mass is 10.1. The van der Waals surface area contributed by atoms with Gasteiger partial charge in [-0.05, 0) is 42.0 Å². The number of ether oxygens (including phenoxy) is 2.